The minimum Gasteiger partial charge on any atom is -0.452 e. The number of hydrogen-bond donors (Lipinski definition) is 1. The van der Waals surface area contributed by atoms with Gasteiger partial charge in [0.2, 0.25) is 10.0 Å². The Morgan fingerprint density at radius 3 is 2.61 bits per heavy atom. The highest BCUT2D eigenvalue weighted by Gasteiger charge is 2.26. The molecule has 9 nitrogen and oxygen atoms in total. The molecule has 0 atom stereocenters. The molecule has 0 aliphatic rings. The minimum absolute atomic E-state index is 0.00819. The van der Waals surface area contributed by atoms with Crippen LogP contribution in [0.4, 0.5) is 5.69 Å². The van der Waals surface area contributed by atoms with Gasteiger partial charge in [0.25, 0.3) is 5.91 Å². The molecule has 0 spiro atoms. The highest BCUT2D eigenvalue weighted by molar-refractivity contribution is 7.89. The minimum atomic E-state index is -3.87. The average molecular weight is 483 g/mol. The first-order valence-corrected chi connectivity index (χ1v) is 11.8. The molecule has 0 saturated carbocycles. The number of nitrogens with zero attached hydrogens (tertiary/aromatic N) is 3. The van der Waals surface area contributed by atoms with E-state index in [2.05, 4.69) is 14.1 Å². The molecule has 3 rings (SSSR count). The molecule has 2 aromatic carbocycles. The topological polar surface area (TPSA) is 119 Å². The van der Waals surface area contributed by atoms with Gasteiger partial charge in [-0.1, -0.05) is 31.5 Å². The maximum Gasteiger partial charge on any atom is 0.338 e. The molecule has 0 saturated heterocycles. The fourth-order valence-electron chi connectivity index (χ4n) is 2.84. The van der Waals surface area contributed by atoms with Crippen LogP contribution in [0.15, 0.2) is 41.3 Å². The number of halogens is 1. The van der Waals surface area contributed by atoms with Crippen molar-refractivity contribution in [3.8, 4) is 0 Å². The summed E-state index contributed by atoms with van der Waals surface area (Å²) < 4.78 is 40.0. The number of benzene rings is 2. The second-order valence-corrected chi connectivity index (χ2v) is 9.14. The molecule has 0 bridgehead atoms. The van der Waals surface area contributed by atoms with E-state index in [1.807, 2.05) is 0 Å². The summed E-state index contributed by atoms with van der Waals surface area (Å²) in [6.07, 6.45) is 0. The lowest BCUT2D eigenvalue weighted by Gasteiger charge is -2.19. The van der Waals surface area contributed by atoms with Crippen molar-refractivity contribution in [3.63, 3.8) is 0 Å². The lowest BCUT2D eigenvalue weighted by molar-refractivity contribution is -0.119. The molecular weight excluding hydrogens is 464 g/mol. The lowest BCUT2D eigenvalue weighted by Crippen LogP contribution is -2.31. The molecule has 1 aromatic heterocycles. The third kappa shape index (κ3) is 5.01. The van der Waals surface area contributed by atoms with E-state index in [9.17, 15) is 18.0 Å². The van der Waals surface area contributed by atoms with Crippen molar-refractivity contribution in [2.45, 2.75) is 18.7 Å². The second-order valence-electron chi connectivity index (χ2n) is 6.30. The Balaban J connectivity index is 1.71. The summed E-state index contributed by atoms with van der Waals surface area (Å²) >= 11 is 7.09. The molecule has 1 N–H and O–H groups in total. The van der Waals surface area contributed by atoms with Crippen LogP contribution in [0.3, 0.4) is 0 Å². The molecule has 3 aromatic rings. The summed E-state index contributed by atoms with van der Waals surface area (Å²) in [4.78, 5) is 24.4. The first-order valence-electron chi connectivity index (χ1n) is 9.25. The van der Waals surface area contributed by atoms with Crippen molar-refractivity contribution < 1.29 is 22.7 Å². The Morgan fingerprint density at radius 1 is 1.16 bits per heavy atom. The quantitative estimate of drug-likeness (QED) is 0.490. The first-order chi connectivity index (χ1) is 14.8. The number of fused-ring (bicyclic) bond motifs is 1. The molecule has 31 heavy (non-hydrogen) atoms. The Labute approximate surface area is 188 Å². The van der Waals surface area contributed by atoms with Gasteiger partial charge in [0.1, 0.15) is 15.9 Å². The number of hydrogen-bond acceptors (Lipinski definition) is 8. The number of carbonyl (C=O) groups is 2. The van der Waals surface area contributed by atoms with Gasteiger partial charge in [-0.05, 0) is 30.3 Å². The van der Waals surface area contributed by atoms with Crippen molar-refractivity contribution in [3.05, 3.63) is 47.0 Å². The predicted molar refractivity (Wildman–Crippen MR) is 118 cm³/mol. The Morgan fingerprint density at radius 2 is 1.90 bits per heavy atom. The van der Waals surface area contributed by atoms with Gasteiger partial charge in [0.15, 0.2) is 6.61 Å². The van der Waals surface area contributed by atoms with E-state index in [0.717, 1.165) is 17.8 Å². The van der Waals surface area contributed by atoms with Gasteiger partial charge < -0.3 is 10.1 Å². The van der Waals surface area contributed by atoms with Crippen LogP contribution in [0.2, 0.25) is 5.02 Å². The fourth-order valence-corrected chi connectivity index (χ4v) is 5.35. The van der Waals surface area contributed by atoms with Crippen LogP contribution in [0.25, 0.3) is 11.0 Å². The van der Waals surface area contributed by atoms with Crippen molar-refractivity contribution in [2.75, 3.05) is 25.0 Å². The zero-order chi connectivity index (χ0) is 22.6. The fraction of sp³-hybridized carbons (Fsp3) is 0.263. The van der Waals surface area contributed by atoms with Crippen LogP contribution >= 0.6 is 23.3 Å². The third-order valence-corrected chi connectivity index (χ3v) is 7.46. The molecule has 0 aliphatic carbocycles. The van der Waals surface area contributed by atoms with Crippen LogP contribution in [0, 0.1) is 0 Å². The maximum atomic E-state index is 12.8. The van der Waals surface area contributed by atoms with E-state index >= 15 is 0 Å². The van der Waals surface area contributed by atoms with E-state index in [-0.39, 0.29) is 28.6 Å². The molecule has 0 radical (unpaired) electrons. The van der Waals surface area contributed by atoms with Gasteiger partial charge in [0.05, 0.1) is 28.0 Å². The second kappa shape index (κ2) is 9.69. The van der Waals surface area contributed by atoms with Crippen LogP contribution in [-0.4, -0.2) is 53.0 Å². The largest absolute Gasteiger partial charge is 0.452 e. The molecule has 164 valence electrons. The van der Waals surface area contributed by atoms with Crippen molar-refractivity contribution in [1.29, 1.82) is 0 Å². The molecule has 1 amide bonds. The highest BCUT2D eigenvalue weighted by Crippen LogP contribution is 2.26. The average Bonchev–Trinajstić information content (AvgIpc) is 3.23. The summed E-state index contributed by atoms with van der Waals surface area (Å²) in [7, 11) is -3.87. The molecule has 12 heteroatoms. The van der Waals surface area contributed by atoms with Gasteiger partial charge in [-0.25, -0.2) is 13.2 Å². The molecular formula is C19H19ClN4O5S2. The number of ether oxygens (including phenoxy) is 1. The number of esters is 1. The van der Waals surface area contributed by atoms with E-state index < -0.39 is 28.5 Å². The number of nitrogens with one attached hydrogen (secondary N) is 1. The number of anilines is 1. The predicted octanol–water partition coefficient (Wildman–Crippen LogP) is 3.17. The molecule has 0 unspecified atom stereocenters. The van der Waals surface area contributed by atoms with Crippen LogP contribution in [0.1, 0.15) is 24.2 Å². The van der Waals surface area contributed by atoms with Gasteiger partial charge in [-0.15, -0.1) is 0 Å². The number of carbonyl (C=O) groups excluding carboxylic acids is 2. The summed E-state index contributed by atoms with van der Waals surface area (Å²) in [6.45, 7) is 3.35. The van der Waals surface area contributed by atoms with Gasteiger partial charge in [-0.2, -0.15) is 13.1 Å². The highest BCUT2D eigenvalue weighted by atomic mass is 35.5. The van der Waals surface area contributed by atoms with Crippen LogP contribution in [0.5, 0.6) is 0 Å². The monoisotopic (exact) mass is 482 g/mol. The summed E-state index contributed by atoms with van der Waals surface area (Å²) in [5, 5.41) is 2.61. The molecule has 1 heterocycles. The number of rotatable bonds is 8. The summed E-state index contributed by atoms with van der Waals surface area (Å²) in [6, 6.07) is 8.94. The van der Waals surface area contributed by atoms with Crippen molar-refractivity contribution in [2.24, 2.45) is 0 Å². The third-order valence-electron chi connectivity index (χ3n) is 4.38. The number of aromatic nitrogens is 2. The summed E-state index contributed by atoms with van der Waals surface area (Å²) in [5.41, 5.74) is 1.60. The van der Waals surface area contributed by atoms with E-state index in [4.69, 9.17) is 16.3 Å². The SMILES string of the molecule is CCN(CC)S(=O)(=O)c1cc(C(=O)OCC(=O)Nc2cccc3nsnc23)ccc1Cl. The molecule has 0 aliphatic heterocycles. The van der Waals surface area contributed by atoms with Crippen LogP contribution < -0.4 is 5.32 Å². The van der Waals surface area contributed by atoms with E-state index in [1.165, 1.54) is 16.4 Å². The Bertz CT molecular complexity index is 1230. The standard InChI is InChI=1S/C19H19ClN4O5S2/c1-3-24(4-2)31(27,28)16-10-12(8-9-13(16)20)19(26)29-11-17(25)21-14-6-5-7-15-18(14)23-30-22-15/h5-10H,3-4,11H2,1-2H3,(H,21,25). The van der Waals surface area contributed by atoms with Gasteiger partial charge in [-0.3, -0.25) is 4.79 Å². The van der Waals surface area contributed by atoms with Crippen molar-refractivity contribution >= 4 is 61.9 Å². The zero-order valence-electron chi connectivity index (χ0n) is 16.7. The Hall–Kier alpha value is -2.60. The van der Waals surface area contributed by atoms with Gasteiger partial charge in [0, 0.05) is 13.1 Å². The number of sulfonamides is 1. The number of amides is 1. The van der Waals surface area contributed by atoms with Crippen molar-refractivity contribution in [1.82, 2.24) is 13.1 Å². The van der Waals surface area contributed by atoms with Crippen LogP contribution in [-0.2, 0) is 19.6 Å². The Kier molecular flexibility index (Phi) is 7.21. The zero-order valence-corrected chi connectivity index (χ0v) is 19.1. The lowest BCUT2D eigenvalue weighted by atomic mass is 10.2. The van der Waals surface area contributed by atoms with E-state index in [1.54, 1.807) is 32.0 Å². The summed E-state index contributed by atoms with van der Waals surface area (Å²) in [5.74, 6) is -1.42. The first kappa shape index (κ1) is 23.1. The normalized spacial score (nSPS) is 11.6. The smallest absolute Gasteiger partial charge is 0.338 e. The van der Waals surface area contributed by atoms with Gasteiger partial charge >= 0.3 is 5.97 Å². The molecule has 0 fully saturated rings. The van der Waals surface area contributed by atoms with E-state index in [0.29, 0.717) is 16.7 Å². The maximum absolute atomic E-state index is 12.8.